The third-order valence-electron chi connectivity index (χ3n) is 4.34. The highest BCUT2D eigenvalue weighted by molar-refractivity contribution is 5.76. The molecule has 1 aliphatic heterocycles. The molecule has 0 radical (unpaired) electrons. The van der Waals surface area contributed by atoms with Crippen LogP contribution in [0.5, 0.6) is 11.5 Å². The Hall–Kier alpha value is -1.75. The summed E-state index contributed by atoms with van der Waals surface area (Å²) in [6.45, 7) is 8.76. The highest BCUT2D eigenvalue weighted by Gasteiger charge is 2.24. The van der Waals surface area contributed by atoms with Gasteiger partial charge in [-0.3, -0.25) is 4.79 Å². The number of carbonyl (C=O) groups excluding carboxylic acids is 1. The van der Waals surface area contributed by atoms with Gasteiger partial charge in [0, 0.05) is 18.1 Å². The maximum Gasteiger partial charge on any atom is 0.223 e. The minimum Gasteiger partial charge on any atom is -0.497 e. The van der Waals surface area contributed by atoms with E-state index in [4.69, 9.17) is 9.47 Å². The SMILES string of the molecule is COc1ccc(C[NH+]2CCN(C(=O)CC(C)C)CC2)c(OC)c1. The lowest BCUT2D eigenvalue weighted by atomic mass is 10.1. The molecule has 1 N–H and O–H groups in total. The molecule has 0 saturated carbocycles. The largest absolute Gasteiger partial charge is 0.497 e. The molecule has 23 heavy (non-hydrogen) atoms. The molecule has 0 aliphatic carbocycles. The second-order valence-electron chi connectivity index (χ2n) is 6.58. The molecule has 128 valence electrons. The van der Waals surface area contributed by atoms with Crippen LogP contribution in [0.15, 0.2) is 18.2 Å². The van der Waals surface area contributed by atoms with Crippen molar-refractivity contribution in [3.05, 3.63) is 23.8 Å². The van der Waals surface area contributed by atoms with Crippen LogP contribution in [0.4, 0.5) is 0 Å². The topological polar surface area (TPSA) is 43.2 Å². The Kier molecular flexibility index (Phi) is 6.28. The van der Waals surface area contributed by atoms with Gasteiger partial charge in [-0.15, -0.1) is 0 Å². The van der Waals surface area contributed by atoms with Gasteiger partial charge in [0.1, 0.15) is 18.0 Å². The summed E-state index contributed by atoms with van der Waals surface area (Å²) >= 11 is 0. The van der Waals surface area contributed by atoms with Crippen molar-refractivity contribution in [3.63, 3.8) is 0 Å². The zero-order valence-corrected chi connectivity index (χ0v) is 14.7. The molecule has 0 atom stereocenters. The summed E-state index contributed by atoms with van der Waals surface area (Å²) in [6.07, 6.45) is 0.654. The zero-order chi connectivity index (χ0) is 16.8. The quantitative estimate of drug-likeness (QED) is 0.849. The lowest BCUT2D eigenvalue weighted by Crippen LogP contribution is -3.13. The summed E-state index contributed by atoms with van der Waals surface area (Å²) in [4.78, 5) is 15.6. The molecule has 1 fully saturated rings. The van der Waals surface area contributed by atoms with E-state index in [2.05, 4.69) is 19.9 Å². The van der Waals surface area contributed by atoms with Crippen LogP contribution in [-0.4, -0.2) is 51.2 Å². The molecular formula is C18H29N2O3+. The average Bonchev–Trinajstić information content (AvgIpc) is 2.55. The molecule has 1 saturated heterocycles. The standard InChI is InChI=1S/C18H28N2O3/c1-14(2)11-18(21)20-9-7-19(8-10-20)13-15-5-6-16(22-3)12-17(15)23-4/h5-6,12,14H,7-11,13H2,1-4H3/p+1. The summed E-state index contributed by atoms with van der Waals surface area (Å²) in [5, 5.41) is 0. The van der Waals surface area contributed by atoms with Gasteiger partial charge in [-0.25, -0.2) is 0 Å². The number of quaternary nitrogens is 1. The van der Waals surface area contributed by atoms with E-state index in [1.807, 2.05) is 17.0 Å². The van der Waals surface area contributed by atoms with Crippen molar-refractivity contribution in [2.75, 3.05) is 40.4 Å². The van der Waals surface area contributed by atoms with Gasteiger partial charge in [0.15, 0.2) is 0 Å². The van der Waals surface area contributed by atoms with Gasteiger partial charge >= 0.3 is 0 Å². The van der Waals surface area contributed by atoms with E-state index >= 15 is 0 Å². The van der Waals surface area contributed by atoms with Crippen LogP contribution in [0.3, 0.4) is 0 Å². The number of ether oxygens (including phenoxy) is 2. The molecule has 1 aromatic rings. The van der Waals surface area contributed by atoms with E-state index in [-0.39, 0.29) is 0 Å². The number of hydrogen-bond donors (Lipinski definition) is 1. The first-order valence-corrected chi connectivity index (χ1v) is 8.35. The summed E-state index contributed by atoms with van der Waals surface area (Å²) < 4.78 is 10.7. The van der Waals surface area contributed by atoms with Crippen molar-refractivity contribution in [1.29, 1.82) is 0 Å². The highest BCUT2D eigenvalue weighted by atomic mass is 16.5. The van der Waals surface area contributed by atoms with Gasteiger partial charge in [0.05, 0.1) is 40.4 Å². The van der Waals surface area contributed by atoms with Crippen LogP contribution in [0.25, 0.3) is 0 Å². The van der Waals surface area contributed by atoms with Gasteiger partial charge < -0.3 is 19.3 Å². The molecule has 0 bridgehead atoms. The lowest BCUT2D eigenvalue weighted by Gasteiger charge is -2.33. The van der Waals surface area contributed by atoms with E-state index in [0.29, 0.717) is 18.2 Å². The van der Waals surface area contributed by atoms with E-state index < -0.39 is 0 Å². The molecule has 5 nitrogen and oxygen atoms in total. The molecule has 1 aliphatic rings. The van der Waals surface area contributed by atoms with Gasteiger partial charge in [-0.05, 0) is 18.1 Å². The van der Waals surface area contributed by atoms with Crippen LogP contribution < -0.4 is 14.4 Å². The number of methoxy groups -OCH3 is 2. The van der Waals surface area contributed by atoms with Crippen LogP contribution in [0.1, 0.15) is 25.8 Å². The minimum absolute atomic E-state index is 0.293. The van der Waals surface area contributed by atoms with Crippen molar-refractivity contribution < 1.29 is 19.2 Å². The molecule has 1 heterocycles. The third-order valence-corrected chi connectivity index (χ3v) is 4.34. The van der Waals surface area contributed by atoms with Crippen molar-refractivity contribution in [3.8, 4) is 11.5 Å². The fourth-order valence-electron chi connectivity index (χ4n) is 2.99. The fourth-order valence-corrected chi connectivity index (χ4v) is 2.99. The predicted octanol–water partition coefficient (Wildman–Crippen LogP) is 0.977. The van der Waals surface area contributed by atoms with Gasteiger partial charge in [-0.1, -0.05) is 13.8 Å². The molecule has 5 heteroatoms. The van der Waals surface area contributed by atoms with E-state index in [9.17, 15) is 4.79 Å². The first-order chi connectivity index (χ1) is 11.0. The number of hydrogen-bond acceptors (Lipinski definition) is 3. The second kappa shape index (κ2) is 8.20. The van der Waals surface area contributed by atoms with Crippen molar-refractivity contribution in [2.45, 2.75) is 26.8 Å². The Labute approximate surface area is 139 Å². The maximum absolute atomic E-state index is 12.1. The maximum atomic E-state index is 12.1. The van der Waals surface area contributed by atoms with Crippen molar-refractivity contribution in [2.24, 2.45) is 5.92 Å². The first kappa shape index (κ1) is 17.6. The van der Waals surface area contributed by atoms with E-state index in [1.165, 1.54) is 10.5 Å². The zero-order valence-electron chi connectivity index (χ0n) is 14.7. The molecular weight excluding hydrogens is 292 g/mol. The van der Waals surface area contributed by atoms with Gasteiger partial charge in [0.25, 0.3) is 0 Å². The predicted molar refractivity (Wildman–Crippen MR) is 90.0 cm³/mol. The Morgan fingerprint density at radius 3 is 2.48 bits per heavy atom. The number of benzene rings is 1. The molecule has 0 spiro atoms. The molecule has 0 unspecified atom stereocenters. The van der Waals surface area contributed by atoms with E-state index in [1.54, 1.807) is 14.2 Å². The van der Waals surface area contributed by atoms with Crippen LogP contribution >= 0.6 is 0 Å². The van der Waals surface area contributed by atoms with Crippen molar-refractivity contribution in [1.82, 2.24) is 4.90 Å². The number of nitrogens with zero attached hydrogens (tertiary/aromatic N) is 1. The Morgan fingerprint density at radius 2 is 1.91 bits per heavy atom. The lowest BCUT2D eigenvalue weighted by molar-refractivity contribution is -0.917. The Balaban J connectivity index is 1.90. The van der Waals surface area contributed by atoms with Gasteiger partial charge in [0.2, 0.25) is 5.91 Å². The van der Waals surface area contributed by atoms with E-state index in [0.717, 1.165) is 44.2 Å². The summed E-state index contributed by atoms with van der Waals surface area (Å²) in [6, 6.07) is 5.97. The number of nitrogens with one attached hydrogen (secondary N) is 1. The smallest absolute Gasteiger partial charge is 0.223 e. The monoisotopic (exact) mass is 321 g/mol. The second-order valence-corrected chi connectivity index (χ2v) is 6.58. The molecule has 1 amide bonds. The molecule has 1 aromatic carbocycles. The fraction of sp³-hybridized carbons (Fsp3) is 0.611. The summed E-state index contributed by atoms with van der Waals surface area (Å²) in [7, 11) is 3.35. The summed E-state index contributed by atoms with van der Waals surface area (Å²) in [5.74, 6) is 2.40. The Bertz CT molecular complexity index is 523. The Morgan fingerprint density at radius 1 is 1.22 bits per heavy atom. The van der Waals surface area contributed by atoms with Crippen LogP contribution in [0, 0.1) is 5.92 Å². The van der Waals surface area contributed by atoms with Crippen molar-refractivity contribution >= 4 is 5.91 Å². The van der Waals surface area contributed by atoms with Gasteiger partial charge in [-0.2, -0.15) is 0 Å². The van der Waals surface area contributed by atoms with Crippen LogP contribution in [-0.2, 0) is 11.3 Å². The minimum atomic E-state index is 0.293. The third kappa shape index (κ3) is 4.86. The first-order valence-electron chi connectivity index (χ1n) is 8.35. The summed E-state index contributed by atoms with van der Waals surface area (Å²) in [5.41, 5.74) is 1.19. The molecule has 2 rings (SSSR count). The normalized spacial score (nSPS) is 15.8. The number of amides is 1. The number of rotatable bonds is 6. The van der Waals surface area contributed by atoms with Crippen LogP contribution in [0.2, 0.25) is 0 Å². The number of carbonyl (C=O) groups is 1. The number of piperazine rings is 1. The highest BCUT2D eigenvalue weighted by Crippen LogP contribution is 2.23. The average molecular weight is 321 g/mol. The molecule has 0 aromatic heterocycles.